The van der Waals surface area contributed by atoms with Crippen LogP contribution in [0.3, 0.4) is 0 Å². The van der Waals surface area contributed by atoms with Gasteiger partial charge >= 0.3 is 5.97 Å². The summed E-state index contributed by atoms with van der Waals surface area (Å²) in [5.74, 6) is -2.47. The Morgan fingerprint density at radius 3 is 1.64 bits per heavy atom. The fourth-order valence-corrected chi connectivity index (χ4v) is 3.36. The number of carbonyl (C=O) groups excluding carboxylic acids is 2. The van der Waals surface area contributed by atoms with Crippen LogP contribution in [-0.4, -0.2) is 22.9 Å². The monoisotopic (exact) mass is 442 g/mol. The molecule has 0 spiro atoms. The lowest BCUT2D eigenvalue weighted by atomic mass is 9.81. The number of anilines is 2. The summed E-state index contributed by atoms with van der Waals surface area (Å²) in [5, 5.41) is 14.6. The summed E-state index contributed by atoms with van der Waals surface area (Å²) in [4.78, 5) is 36.4. The summed E-state index contributed by atoms with van der Waals surface area (Å²) in [7, 11) is 0. The summed E-state index contributed by atoms with van der Waals surface area (Å²) < 4.78 is 0.914. The maximum Gasteiger partial charge on any atom is 0.335 e. The molecular weight excluding hydrogens is 424 g/mol. The molecule has 2 atom stereocenters. The van der Waals surface area contributed by atoms with Crippen molar-refractivity contribution in [2.45, 2.75) is 12.8 Å². The number of hydrogen-bond donors (Lipinski definition) is 3. The first-order chi connectivity index (χ1) is 13.4. The van der Waals surface area contributed by atoms with Crippen LogP contribution in [0.2, 0.25) is 0 Å². The molecule has 3 N–H and O–H groups in total. The van der Waals surface area contributed by atoms with E-state index in [4.69, 9.17) is 5.11 Å². The molecular formula is C21H19BrN2O4. The van der Waals surface area contributed by atoms with Crippen molar-refractivity contribution in [1.82, 2.24) is 0 Å². The van der Waals surface area contributed by atoms with Gasteiger partial charge in [-0.15, -0.1) is 0 Å². The van der Waals surface area contributed by atoms with E-state index >= 15 is 0 Å². The van der Waals surface area contributed by atoms with E-state index in [0.29, 0.717) is 24.2 Å². The second-order valence-corrected chi connectivity index (χ2v) is 7.44. The maximum absolute atomic E-state index is 12.8. The smallest absolute Gasteiger partial charge is 0.335 e. The topological polar surface area (TPSA) is 95.5 Å². The van der Waals surface area contributed by atoms with Gasteiger partial charge in [0.25, 0.3) is 0 Å². The molecule has 28 heavy (non-hydrogen) atoms. The van der Waals surface area contributed by atoms with Crippen molar-refractivity contribution >= 4 is 45.1 Å². The minimum Gasteiger partial charge on any atom is -0.478 e. The number of amides is 2. The number of aromatic carboxylic acids is 1. The zero-order chi connectivity index (χ0) is 20.1. The highest BCUT2D eigenvalue weighted by molar-refractivity contribution is 9.10. The summed E-state index contributed by atoms with van der Waals surface area (Å²) in [6.07, 6.45) is 4.77. The second kappa shape index (κ2) is 8.84. The van der Waals surface area contributed by atoms with Crippen LogP contribution in [0.5, 0.6) is 0 Å². The SMILES string of the molecule is O=C(O)c1ccc(NC(=O)C2CC=CCC2C(=O)Nc2ccc(Br)cc2)cc1. The van der Waals surface area contributed by atoms with Crippen LogP contribution in [0.1, 0.15) is 23.2 Å². The van der Waals surface area contributed by atoms with Gasteiger partial charge in [0, 0.05) is 15.8 Å². The first-order valence-corrected chi connectivity index (χ1v) is 9.59. The predicted octanol–water partition coefficient (Wildman–Crippen LogP) is 4.31. The van der Waals surface area contributed by atoms with Crippen LogP contribution in [0.15, 0.2) is 65.2 Å². The number of carbonyl (C=O) groups is 3. The minimum atomic E-state index is -1.03. The maximum atomic E-state index is 12.8. The van der Waals surface area contributed by atoms with Crippen molar-refractivity contribution < 1.29 is 19.5 Å². The Hall–Kier alpha value is -2.93. The lowest BCUT2D eigenvalue weighted by Gasteiger charge is -2.26. The summed E-state index contributed by atoms with van der Waals surface area (Å²) in [6.45, 7) is 0. The Labute approximate surface area is 170 Å². The normalized spacial score (nSPS) is 18.3. The molecule has 3 rings (SSSR count). The molecule has 0 radical (unpaired) electrons. The summed E-state index contributed by atoms with van der Waals surface area (Å²) >= 11 is 3.35. The van der Waals surface area contributed by atoms with Gasteiger partial charge in [-0.05, 0) is 61.4 Å². The zero-order valence-electron chi connectivity index (χ0n) is 14.9. The largest absolute Gasteiger partial charge is 0.478 e. The van der Waals surface area contributed by atoms with Crippen molar-refractivity contribution in [3.8, 4) is 0 Å². The van der Waals surface area contributed by atoms with Crippen molar-refractivity contribution in [1.29, 1.82) is 0 Å². The molecule has 0 saturated carbocycles. The molecule has 144 valence electrons. The lowest BCUT2D eigenvalue weighted by molar-refractivity contribution is -0.129. The standard InChI is InChI=1S/C21H19BrN2O4/c22-14-7-11-16(12-8-14)24-20(26)18-4-2-1-3-17(18)19(25)23-15-9-5-13(6-10-15)21(27)28/h1-2,5-12,17-18H,3-4H2,(H,23,25)(H,24,26)(H,27,28). The fraction of sp³-hybridized carbons (Fsp3) is 0.190. The number of carboxylic acid groups (broad SMARTS) is 1. The molecule has 1 aliphatic carbocycles. The van der Waals surface area contributed by atoms with Crippen molar-refractivity contribution in [3.05, 3.63) is 70.7 Å². The molecule has 2 amide bonds. The van der Waals surface area contributed by atoms with Crippen molar-refractivity contribution in [3.63, 3.8) is 0 Å². The zero-order valence-corrected chi connectivity index (χ0v) is 16.5. The van der Waals surface area contributed by atoms with Crippen LogP contribution < -0.4 is 10.6 Å². The van der Waals surface area contributed by atoms with Gasteiger partial charge in [0.1, 0.15) is 0 Å². The molecule has 1 aliphatic rings. The Balaban J connectivity index is 1.68. The number of benzene rings is 2. The Morgan fingerprint density at radius 2 is 1.21 bits per heavy atom. The first-order valence-electron chi connectivity index (χ1n) is 8.79. The molecule has 0 aromatic heterocycles. The van der Waals surface area contributed by atoms with Gasteiger partial charge in [-0.3, -0.25) is 9.59 Å². The number of allylic oxidation sites excluding steroid dienone is 2. The average molecular weight is 443 g/mol. The van der Waals surface area contributed by atoms with Gasteiger partial charge < -0.3 is 15.7 Å². The van der Waals surface area contributed by atoms with Gasteiger partial charge in [0.15, 0.2) is 0 Å². The Bertz CT molecular complexity index is 907. The third kappa shape index (κ3) is 4.86. The van der Waals surface area contributed by atoms with E-state index < -0.39 is 17.8 Å². The van der Waals surface area contributed by atoms with E-state index in [-0.39, 0.29) is 17.4 Å². The molecule has 7 heteroatoms. The minimum absolute atomic E-state index is 0.144. The van der Waals surface area contributed by atoms with E-state index in [0.717, 1.165) is 4.47 Å². The molecule has 0 aliphatic heterocycles. The highest BCUT2D eigenvalue weighted by Crippen LogP contribution is 2.28. The molecule has 6 nitrogen and oxygen atoms in total. The number of nitrogens with one attached hydrogen (secondary N) is 2. The molecule has 2 aromatic carbocycles. The van der Waals surface area contributed by atoms with Gasteiger partial charge in [0.05, 0.1) is 17.4 Å². The van der Waals surface area contributed by atoms with Gasteiger partial charge in [-0.25, -0.2) is 4.79 Å². The Kier molecular flexibility index (Phi) is 6.26. The van der Waals surface area contributed by atoms with E-state index in [9.17, 15) is 14.4 Å². The lowest BCUT2D eigenvalue weighted by Crippen LogP contribution is -2.37. The van der Waals surface area contributed by atoms with E-state index in [1.165, 1.54) is 24.3 Å². The molecule has 0 heterocycles. The van der Waals surface area contributed by atoms with E-state index in [1.54, 1.807) is 12.1 Å². The van der Waals surface area contributed by atoms with E-state index in [2.05, 4.69) is 26.6 Å². The quantitative estimate of drug-likeness (QED) is 0.601. The van der Waals surface area contributed by atoms with Gasteiger partial charge in [-0.2, -0.15) is 0 Å². The average Bonchev–Trinajstić information content (AvgIpc) is 2.70. The predicted molar refractivity (Wildman–Crippen MR) is 110 cm³/mol. The molecule has 2 unspecified atom stereocenters. The van der Waals surface area contributed by atoms with Gasteiger partial charge in [-0.1, -0.05) is 28.1 Å². The molecule has 0 bridgehead atoms. The van der Waals surface area contributed by atoms with Crippen molar-refractivity contribution in [2.75, 3.05) is 10.6 Å². The van der Waals surface area contributed by atoms with Crippen LogP contribution in [0.4, 0.5) is 11.4 Å². The second-order valence-electron chi connectivity index (χ2n) is 6.52. The van der Waals surface area contributed by atoms with Crippen LogP contribution in [-0.2, 0) is 9.59 Å². The number of halogens is 1. The van der Waals surface area contributed by atoms with Gasteiger partial charge in [0.2, 0.25) is 11.8 Å². The van der Waals surface area contributed by atoms with Crippen LogP contribution >= 0.6 is 15.9 Å². The number of rotatable bonds is 5. The summed E-state index contributed by atoms with van der Waals surface area (Å²) in [6, 6.07) is 13.2. The van der Waals surface area contributed by atoms with Crippen LogP contribution in [0.25, 0.3) is 0 Å². The van der Waals surface area contributed by atoms with Crippen LogP contribution in [0, 0.1) is 11.8 Å². The molecule has 2 aromatic rings. The highest BCUT2D eigenvalue weighted by Gasteiger charge is 2.34. The number of hydrogen-bond acceptors (Lipinski definition) is 3. The number of carboxylic acids is 1. The van der Waals surface area contributed by atoms with Crippen molar-refractivity contribution in [2.24, 2.45) is 11.8 Å². The Morgan fingerprint density at radius 1 is 0.786 bits per heavy atom. The van der Waals surface area contributed by atoms with E-state index in [1.807, 2.05) is 24.3 Å². The third-order valence-corrected chi connectivity index (χ3v) is 5.15. The first kappa shape index (κ1) is 19.8. The summed E-state index contributed by atoms with van der Waals surface area (Å²) in [5.41, 5.74) is 1.31. The molecule has 0 saturated heterocycles. The molecule has 0 fully saturated rings. The fourth-order valence-electron chi connectivity index (χ4n) is 3.09. The highest BCUT2D eigenvalue weighted by atomic mass is 79.9. The third-order valence-electron chi connectivity index (χ3n) is 4.62.